The molecule has 3 heterocycles. The number of carbonyl (C=O) groups excluding carboxylic acids is 1. The van der Waals surface area contributed by atoms with E-state index in [0.717, 1.165) is 25.2 Å². The summed E-state index contributed by atoms with van der Waals surface area (Å²) in [7, 11) is 1.86. The maximum atomic E-state index is 12.9. The largest absolute Gasteiger partial charge is 0.371 e. The maximum Gasteiger partial charge on any atom is 0.248 e. The third-order valence-corrected chi connectivity index (χ3v) is 4.43. The Bertz CT molecular complexity index is 508. The van der Waals surface area contributed by atoms with E-state index in [0.29, 0.717) is 19.1 Å². The van der Waals surface area contributed by atoms with E-state index in [-0.39, 0.29) is 24.4 Å². The van der Waals surface area contributed by atoms with Gasteiger partial charge in [0, 0.05) is 32.1 Å². The van der Waals surface area contributed by atoms with Gasteiger partial charge in [-0.15, -0.1) is 0 Å². The third-order valence-electron chi connectivity index (χ3n) is 4.43. The van der Waals surface area contributed by atoms with Gasteiger partial charge in [0.2, 0.25) is 5.91 Å². The molecule has 6 heteroatoms. The number of likely N-dealkylation sites (N-methyl/N-ethyl adjacent to an activating group) is 1. The molecule has 114 valence electrons. The van der Waals surface area contributed by atoms with Crippen molar-refractivity contribution in [3.05, 3.63) is 29.8 Å². The number of piperidine rings is 1. The standard InChI is InChI=1S/C15H20FN3O2/c1-18-14-8-19(7-13-3-2-12(16)6-17-13)5-4-11(14)9-21-10-15(18)20/h2-3,6,11,14H,4-5,7-10H2,1H3/t11-,14-/m0/s1. The monoisotopic (exact) mass is 293 g/mol. The van der Waals surface area contributed by atoms with Crippen LogP contribution in [0.2, 0.25) is 0 Å². The highest BCUT2D eigenvalue weighted by Crippen LogP contribution is 2.25. The first-order valence-electron chi connectivity index (χ1n) is 7.29. The summed E-state index contributed by atoms with van der Waals surface area (Å²) in [5.41, 5.74) is 0.855. The first-order chi connectivity index (χ1) is 10.1. The van der Waals surface area contributed by atoms with Gasteiger partial charge in [-0.3, -0.25) is 14.7 Å². The second kappa shape index (κ2) is 6.07. The smallest absolute Gasteiger partial charge is 0.248 e. The fourth-order valence-corrected chi connectivity index (χ4v) is 3.14. The van der Waals surface area contributed by atoms with Crippen LogP contribution in [-0.2, 0) is 16.1 Å². The summed E-state index contributed by atoms with van der Waals surface area (Å²) in [6.45, 7) is 3.29. The van der Waals surface area contributed by atoms with E-state index in [9.17, 15) is 9.18 Å². The van der Waals surface area contributed by atoms with Crippen molar-refractivity contribution in [1.82, 2.24) is 14.8 Å². The Hall–Kier alpha value is -1.53. The summed E-state index contributed by atoms with van der Waals surface area (Å²) in [4.78, 5) is 20.1. The summed E-state index contributed by atoms with van der Waals surface area (Å²) in [5, 5.41) is 0. The van der Waals surface area contributed by atoms with Crippen LogP contribution >= 0.6 is 0 Å². The molecule has 2 aliphatic rings. The molecule has 0 saturated carbocycles. The predicted octanol–water partition coefficient (Wildman–Crippen LogP) is 0.900. The van der Waals surface area contributed by atoms with Crippen LogP contribution in [0, 0.1) is 11.7 Å². The third kappa shape index (κ3) is 3.22. The predicted molar refractivity (Wildman–Crippen MR) is 75.0 cm³/mol. The molecular weight excluding hydrogens is 273 g/mol. The van der Waals surface area contributed by atoms with Crippen LogP contribution in [0.1, 0.15) is 12.1 Å². The number of hydrogen-bond donors (Lipinski definition) is 0. The molecule has 0 unspecified atom stereocenters. The van der Waals surface area contributed by atoms with E-state index in [1.54, 1.807) is 6.07 Å². The number of carbonyl (C=O) groups is 1. The van der Waals surface area contributed by atoms with E-state index in [1.807, 2.05) is 11.9 Å². The molecular formula is C15H20FN3O2. The minimum absolute atomic E-state index is 0.0456. The van der Waals surface area contributed by atoms with Crippen molar-refractivity contribution < 1.29 is 13.9 Å². The van der Waals surface area contributed by atoms with Crippen molar-refractivity contribution in [2.75, 3.05) is 33.4 Å². The number of ether oxygens (including phenoxy) is 1. The lowest BCUT2D eigenvalue weighted by Gasteiger charge is -2.40. The van der Waals surface area contributed by atoms with Crippen molar-refractivity contribution in [3.63, 3.8) is 0 Å². The Balaban J connectivity index is 1.67. The van der Waals surface area contributed by atoms with Crippen molar-refractivity contribution in [2.24, 2.45) is 5.92 Å². The molecule has 2 saturated heterocycles. The highest BCUT2D eigenvalue weighted by atomic mass is 19.1. The molecule has 0 spiro atoms. The van der Waals surface area contributed by atoms with Gasteiger partial charge >= 0.3 is 0 Å². The van der Waals surface area contributed by atoms with Crippen LogP contribution < -0.4 is 0 Å². The van der Waals surface area contributed by atoms with Crippen LogP contribution in [0.25, 0.3) is 0 Å². The van der Waals surface area contributed by atoms with E-state index < -0.39 is 0 Å². The minimum Gasteiger partial charge on any atom is -0.371 e. The molecule has 0 radical (unpaired) electrons. The number of pyridine rings is 1. The van der Waals surface area contributed by atoms with Gasteiger partial charge in [0.25, 0.3) is 0 Å². The molecule has 2 atom stereocenters. The highest BCUT2D eigenvalue weighted by molar-refractivity contribution is 5.77. The number of amides is 1. The van der Waals surface area contributed by atoms with Crippen molar-refractivity contribution >= 4 is 5.91 Å². The quantitative estimate of drug-likeness (QED) is 0.813. The lowest BCUT2D eigenvalue weighted by atomic mass is 9.91. The maximum absolute atomic E-state index is 12.9. The molecule has 2 fully saturated rings. The molecule has 0 aliphatic carbocycles. The molecule has 0 bridgehead atoms. The molecule has 2 aliphatic heterocycles. The van der Waals surface area contributed by atoms with Gasteiger partial charge in [-0.2, -0.15) is 0 Å². The average Bonchev–Trinajstić information content (AvgIpc) is 2.62. The first-order valence-corrected chi connectivity index (χ1v) is 7.29. The van der Waals surface area contributed by atoms with Crippen molar-refractivity contribution in [3.8, 4) is 0 Å². The summed E-state index contributed by atoms with van der Waals surface area (Å²) in [5.74, 6) is 0.131. The molecule has 1 aromatic rings. The van der Waals surface area contributed by atoms with Gasteiger partial charge in [-0.1, -0.05) is 0 Å². The Morgan fingerprint density at radius 3 is 3.10 bits per heavy atom. The number of fused-ring (bicyclic) bond motifs is 1. The van der Waals surface area contributed by atoms with Gasteiger partial charge in [0.05, 0.1) is 18.5 Å². The van der Waals surface area contributed by atoms with Crippen molar-refractivity contribution in [1.29, 1.82) is 0 Å². The second-order valence-electron chi connectivity index (χ2n) is 5.84. The van der Waals surface area contributed by atoms with Crippen LogP contribution in [-0.4, -0.2) is 60.1 Å². The molecule has 1 aromatic heterocycles. The Labute approximate surface area is 123 Å². The van der Waals surface area contributed by atoms with Crippen LogP contribution in [0.3, 0.4) is 0 Å². The lowest BCUT2D eigenvalue weighted by Crippen LogP contribution is -2.52. The number of rotatable bonds is 2. The number of halogens is 1. The van der Waals surface area contributed by atoms with Gasteiger partial charge in [-0.25, -0.2) is 4.39 Å². The first kappa shape index (κ1) is 14.4. The molecule has 5 nitrogen and oxygen atoms in total. The zero-order chi connectivity index (χ0) is 14.8. The van der Waals surface area contributed by atoms with E-state index in [4.69, 9.17) is 4.74 Å². The summed E-state index contributed by atoms with van der Waals surface area (Å²) in [6.07, 6.45) is 2.25. The Morgan fingerprint density at radius 2 is 2.33 bits per heavy atom. The minimum atomic E-state index is -0.316. The number of aromatic nitrogens is 1. The summed E-state index contributed by atoms with van der Waals surface area (Å²) < 4.78 is 18.3. The summed E-state index contributed by atoms with van der Waals surface area (Å²) >= 11 is 0. The lowest BCUT2D eigenvalue weighted by molar-refractivity contribution is -0.134. The van der Waals surface area contributed by atoms with E-state index in [1.165, 1.54) is 12.3 Å². The number of likely N-dealkylation sites (tertiary alicyclic amines) is 1. The van der Waals surface area contributed by atoms with E-state index in [2.05, 4.69) is 9.88 Å². The topological polar surface area (TPSA) is 45.7 Å². The zero-order valence-corrected chi connectivity index (χ0v) is 12.2. The number of hydrogen-bond acceptors (Lipinski definition) is 4. The van der Waals surface area contributed by atoms with Gasteiger partial charge in [0.1, 0.15) is 12.4 Å². The van der Waals surface area contributed by atoms with Crippen LogP contribution in [0.4, 0.5) is 4.39 Å². The fraction of sp³-hybridized carbons (Fsp3) is 0.600. The number of nitrogens with zero attached hydrogens (tertiary/aromatic N) is 3. The van der Waals surface area contributed by atoms with Gasteiger partial charge in [-0.05, 0) is 25.1 Å². The van der Waals surface area contributed by atoms with Crippen LogP contribution in [0.5, 0.6) is 0 Å². The fourth-order valence-electron chi connectivity index (χ4n) is 3.14. The SMILES string of the molecule is CN1C(=O)COC[C@@H]2CCN(Cc3ccc(F)cn3)C[C@@H]21. The molecule has 0 N–H and O–H groups in total. The van der Waals surface area contributed by atoms with E-state index >= 15 is 0 Å². The molecule has 1 amide bonds. The van der Waals surface area contributed by atoms with Crippen molar-refractivity contribution in [2.45, 2.75) is 19.0 Å². The molecule has 0 aromatic carbocycles. The van der Waals surface area contributed by atoms with Crippen LogP contribution in [0.15, 0.2) is 18.3 Å². The summed E-state index contributed by atoms with van der Waals surface area (Å²) in [6, 6.07) is 3.34. The van der Waals surface area contributed by atoms with Gasteiger partial charge < -0.3 is 9.64 Å². The zero-order valence-electron chi connectivity index (χ0n) is 12.2. The molecule has 3 rings (SSSR count). The Morgan fingerprint density at radius 1 is 1.48 bits per heavy atom. The molecule has 21 heavy (non-hydrogen) atoms. The highest BCUT2D eigenvalue weighted by Gasteiger charge is 2.36. The second-order valence-corrected chi connectivity index (χ2v) is 5.84. The normalized spacial score (nSPS) is 27.3. The van der Waals surface area contributed by atoms with Gasteiger partial charge in [0.15, 0.2) is 0 Å². The average molecular weight is 293 g/mol. The Kier molecular flexibility index (Phi) is 4.17.